The maximum atomic E-state index is 11.9. The van der Waals surface area contributed by atoms with Crippen LogP contribution in [0, 0.1) is 0 Å². The van der Waals surface area contributed by atoms with E-state index < -0.39 is 0 Å². The number of nitrogens with zero attached hydrogens (tertiary/aromatic N) is 6. The molecule has 3 aromatic rings. The van der Waals surface area contributed by atoms with Crippen molar-refractivity contribution in [2.45, 2.75) is 31.4 Å². The van der Waals surface area contributed by atoms with E-state index in [1.807, 2.05) is 17.3 Å². The van der Waals surface area contributed by atoms with Crippen LogP contribution in [0.4, 0.5) is 17.2 Å². The molecule has 2 N–H and O–H groups in total. The Kier molecular flexibility index (Phi) is 6.60. The number of nitrogens with one attached hydrogen (secondary N) is 2. The first kappa shape index (κ1) is 25.0. The molecule has 40 heavy (non-hydrogen) atoms. The summed E-state index contributed by atoms with van der Waals surface area (Å²) in [6, 6.07) is 4.63. The Bertz CT molecular complexity index is 1390. The van der Waals surface area contributed by atoms with Crippen molar-refractivity contribution in [2.75, 3.05) is 62.7 Å². The molecule has 7 heterocycles. The molecule has 0 spiro atoms. The normalized spacial score (nSPS) is 20.0. The van der Waals surface area contributed by atoms with Gasteiger partial charge in [-0.25, -0.2) is 15.0 Å². The third-order valence-electron chi connectivity index (χ3n) is 8.52. The second-order valence-corrected chi connectivity index (χ2v) is 10.8. The highest BCUT2D eigenvalue weighted by Gasteiger charge is 2.36. The number of H-pyrrole nitrogens is 1. The van der Waals surface area contributed by atoms with Gasteiger partial charge in [0, 0.05) is 68.1 Å². The molecule has 0 bridgehead atoms. The van der Waals surface area contributed by atoms with Crippen LogP contribution in [0.15, 0.2) is 43.4 Å². The molecule has 11 nitrogen and oxygen atoms in total. The van der Waals surface area contributed by atoms with Crippen molar-refractivity contribution < 1.29 is 14.3 Å². The number of carbonyl (C=O) groups is 1. The van der Waals surface area contributed by atoms with Crippen LogP contribution in [0.25, 0.3) is 11.5 Å². The Morgan fingerprint density at radius 1 is 1.10 bits per heavy atom. The second kappa shape index (κ2) is 10.5. The lowest BCUT2D eigenvalue weighted by atomic mass is 9.90. The number of imidazole rings is 1. The van der Waals surface area contributed by atoms with Gasteiger partial charge < -0.3 is 29.6 Å². The first-order chi connectivity index (χ1) is 19.7. The first-order valence-electron chi connectivity index (χ1n) is 14.1. The van der Waals surface area contributed by atoms with E-state index in [1.54, 1.807) is 6.20 Å². The van der Waals surface area contributed by atoms with Crippen molar-refractivity contribution in [3.8, 4) is 17.3 Å². The topological polar surface area (TPSA) is 112 Å². The van der Waals surface area contributed by atoms with Gasteiger partial charge in [-0.15, -0.1) is 0 Å². The molecule has 3 saturated heterocycles. The van der Waals surface area contributed by atoms with Gasteiger partial charge in [-0.2, -0.15) is 0 Å². The monoisotopic (exact) mass is 542 g/mol. The molecule has 208 valence electrons. The predicted molar refractivity (Wildman–Crippen MR) is 151 cm³/mol. The highest BCUT2D eigenvalue weighted by atomic mass is 16.5. The van der Waals surface area contributed by atoms with Crippen molar-refractivity contribution in [3.63, 3.8) is 0 Å². The summed E-state index contributed by atoms with van der Waals surface area (Å²) in [6.07, 6.45) is 8.82. The van der Waals surface area contributed by atoms with E-state index in [4.69, 9.17) is 19.4 Å². The minimum atomic E-state index is 0.0219. The zero-order valence-electron chi connectivity index (χ0n) is 22.5. The summed E-state index contributed by atoms with van der Waals surface area (Å²) >= 11 is 0. The summed E-state index contributed by atoms with van der Waals surface area (Å²) in [5.41, 5.74) is 4.77. The van der Waals surface area contributed by atoms with Crippen LogP contribution >= 0.6 is 0 Å². The molecule has 11 heteroatoms. The first-order valence-corrected chi connectivity index (χ1v) is 14.1. The zero-order valence-corrected chi connectivity index (χ0v) is 22.5. The highest BCUT2D eigenvalue weighted by Crippen LogP contribution is 2.43. The van der Waals surface area contributed by atoms with Crippen molar-refractivity contribution in [2.24, 2.45) is 0 Å². The van der Waals surface area contributed by atoms with E-state index in [9.17, 15) is 4.79 Å². The average molecular weight is 543 g/mol. The molecule has 4 aliphatic heterocycles. The van der Waals surface area contributed by atoms with Crippen LogP contribution < -0.4 is 15.0 Å². The number of aromatic amines is 1. The summed E-state index contributed by atoms with van der Waals surface area (Å²) in [6.45, 7) is 10.6. The summed E-state index contributed by atoms with van der Waals surface area (Å²) in [7, 11) is 0. The van der Waals surface area contributed by atoms with Crippen LogP contribution in [0.5, 0.6) is 5.75 Å². The van der Waals surface area contributed by atoms with E-state index in [0.717, 1.165) is 80.6 Å². The number of carbonyl (C=O) groups excluding carboxylic acids is 1. The Labute approximate surface area is 233 Å². The number of ether oxygens (including phenoxy) is 2. The van der Waals surface area contributed by atoms with Gasteiger partial charge in [0.05, 0.1) is 24.5 Å². The summed E-state index contributed by atoms with van der Waals surface area (Å²) in [5.74, 6) is 2.52. The maximum absolute atomic E-state index is 11.9. The van der Waals surface area contributed by atoms with Gasteiger partial charge in [0.15, 0.2) is 11.6 Å². The van der Waals surface area contributed by atoms with E-state index in [1.165, 1.54) is 6.08 Å². The summed E-state index contributed by atoms with van der Waals surface area (Å²) in [5, 5.41) is 3.60. The Morgan fingerprint density at radius 2 is 1.93 bits per heavy atom. The van der Waals surface area contributed by atoms with E-state index in [-0.39, 0.29) is 5.91 Å². The minimum Gasteiger partial charge on any atom is -0.484 e. The molecular formula is C29H34N8O3. The third-order valence-corrected chi connectivity index (χ3v) is 8.52. The number of pyridine rings is 2. The maximum Gasteiger partial charge on any atom is 0.246 e. The molecule has 3 aromatic heterocycles. The number of hydrogen-bond donors (Lipinski definition) is 2. The fourth-order valence-electron chi connectivity index (χ4n) is 6.22. The van der Waals surface area contributed by atoms with Crippen LogP contribution in [0.3, 0.4) is 0 Å². The molecule has 1 amide bonds. The average Bonchev–Trinajstić information content (AvgIpc) is 3.44. The van der Waals surface area contributed by atoms with E-state index >= 15 is 0 Å². The van der Waals surface area contributed by atoms with E-state index in [0.29, 0.717) is 49.0 Å². The number of piperidine rings is 1. The number of likely N-dealkylation sites (tertiary alicyclic amines) is 2. The predicted octanol–water partition coefficient (Wildman–Crippen LogP) is 2.92. The largest absolute Gasteiger partial charge is 0.484 e. The van der Waals surface area contributed by atoms with Crippen LogP contribution in [-0.4, -0.2) is 94.2 Å². The number of morpholine rings is 1. The lowest BCUT2D eigenvalue weighted by Gasteiger charge is -2.47. The van der Waals surface area contributed by atoms with Crippen LogP contribution in [0.2, 0.25) is 0 Å². The second-order valence-electron chi connectivity index (χ2n) is 10.8. The molecule has 0 aromatic carbocycles. The smallest absolute Gasteiger partial charge is 0.246 e. The van der Waals surface area contributed by atoms with Gasteiger partial charge in [0.2, 0.25) is 5.91 Å². The van der Waals surface area contributed by atoms with Crippen LogP contribution in [-0.2, 0) is 16.1 Å². The van der Waals surface area contributed by atoms with Crippen molar-refractivity contribution >= 4 is 23.1 Å². The molecule has 7 rings (SSSR count). The van der Waals surface area contributed by atoms with Crippen LogP contribution in [0.1, 0.15) is 30.0 Å². The number of amides is 1. The SMILES string of the molecule is C=CC(=O)N1CC(N2CCC(c3cc4c(c(-c5ncc[nH]5)n3)OCc3c(N5CCOCC5)ccnc3N4)CC2)C1. The zero-order chi connectivity index (χ0) is 27.1. The molecule has 3 fully saturated rings. The van der Waals surface area contributed by atoms with E-state index in [2.05, 4.69) is 43.8 Å². The molecular weight excluding hydrogens is 508 g/mol. The highest BCUT2D eigenvalue weighted by molar-refractivity contribution is 5.87. The third kappa shape index (κ3) is 4.58. The molecule has 0 radical (unpaired) electrons. The summed E-state index contributed by atoms with van der Waals surface area (Å²) in [4.78, 5) is 36.1. The lowest BCUT2D eigenvalue weighted by molar-refractivity contribution is -0.133. The number of rotatable bonds is 5. The van der Waals surface area contributed by atoms with Gasteiger partial charge >= 0.3 is 0 Å². The minimum absolute atomic E-state index is 0.0219. The van der Waals surface area contributed by atoms with Crippen molar-refractivity contribution in [1.82, 2.24) is 29.7 Å². The van der Waals surface area contributed by atoms with Gasteiger partial charge in [-0.1, -0.05) is 6.58 Å². The van der Waals surface area contributed by atoms with Gasteiger partial charge in [0.25, 0.3) is 0 Å². The quantitative estimate of drug-likeness (QED) is 0.470. The number of hydrogen-bond acceptors (Lipinski definition) is 9. The molecule has 0 aliphatic carbocycles. The number of aromatic nitrogens is 4. The fraction of sp³-hybridized carbons (Fsp3) is 0.448. The lowest BCUT2D eigenvalue weighted by Crippen LogP contribution is -2.61. The molecule has 0 atom stereocenters. The van der Waals surface area contributed by atoms with Gasteiger partial charge in [0.1, 0.15) is 18.1 Å². The van der Waals surface area contributed by atoms with Gasteiger partial charge in [-0.05, 0) is 44.1 Å². The number of anilines is 3. The van der Waals surface area contributed by atoms with Crippen molar-refractivity contribution in [3.05, 3.63) is 54.6 Å². The Balaban J connectivity index is 1.15. The Hall–Kier alpha value is -3.96. The molecule has 0 saturated carbocycles. The van der Waals surface area contributed by atoms with Gasteiger partial charge in [-0.3, -0.25) is 9.69 Å². The standard InChI is InChI=1S/C29H34N8O3/c1-2-25(38)37-16-20(17-37)35-9-4-19(5-10-35)22-15-23-27(26(33-22)29-31-7-8-32-29)40-18-21-24(3-6-30-28(21)34-23)36-11-13-39-14-12-36/h2-3,6-8,15,19-20H,1,4-5,9-14,16-18H2,(H,30,34)(H,31,32). The molecule has 4 aliphatic rings. The Morgan fingerprint density at radius 3 is 2.67 bits per heavy atom. The van der Waals surface area contributed by atoms with Crippen molar-refractivity contribution in [1.29, 1.82) is 0 Å². The fourth-order valence-corrected chi connectivity index (χ4v) is 6.22. The molecule has 0 unspecified atom stereocenters. The summed E-state index contributed by atoms with van der Waals surface area (Å²) < 4.78 is 12.1. The number of fused-ring (bicyclic) bond motifs is 2.